The number of benzene rings is 1. The van der Waals surface area contributed by atoms with Gasteiger partial charge in [-0.3, -0.25) is 0 Å². The Kier molecular flexibility index (Phi) is 4.20. The Balaban J connectivity index is 0.000000640. The molecule has 1 rings (SSSR count). The van der Waals surface area contributed by atoms with Gasteiger partial charge in [0.05, 0.1) is 7.11 Å². The maximum absolute atomic E-state index is 4.91. The van der Waals surface area contributed by atoms with E-state index < -0.39 is 0 Å². The Bertz CT molecular complexity index is 150. The van der Waals surface area contributed by atoms with Gasteiger partial charge in [0.2, 0.25) is 0 Å². The SMILES string of the molecule is COc1ccccc1.[Se]. The Labute approximate surface area is 65.5 Å². The molecular formula is C7H8OSe. The van der Waals surface area contributed by atoms with Crippen LogP contribution in [-0.2, 0) is 0 Å². The van der Waals surface area contributed by atoms with Crippen molar-refractivity contribution in [2.75, 3.05) is 7.11 Å². The molecule has 48 valence electrons. The molecule has 0 fully saturated rings. The monoisotopic (exact) mass is 188 g/mol. The predicted molar refractivity (Wildman–Crippen MR) is 38.7 cm³/mol. The van der Waals surface area contributed by atoms with Crippen LogP contribution in [0, 0.1) is 0 Å². The zero-order chi connectivity index (χ0) is 5.82. The molecule has 0 unspecified atom stereocenters. The summed E-state index contributed by atoms with van der Waals surface area (Å²) in [6, 6.07) is 9.68. The first-order valence-corrected chi connectivity index (χ1v) is 2.52. The molecule has 0 bridgehead atoms. The van der Waals surface area contributed by atoms with E-state index in [9.17, 15) is 0 Å². The minimum atomic E-state index is 0. The Morgan fingerprint density at radius 3 is 2.00 bits per heavy atom. The van der Waals surface area contributed by atoms with Crippen LogP contribution < -0.4 is 4.74 Å². The van der Waals surface area contributed by atoms with Gasteiger partial charge in [0.25, 0.3) is 0 Å². The van der Waals surface area contributed by atoms with Gasteiger partial charge in [-0.25, -0.2) is 0 Å². The molecule has 0 N–H and O–H groups in total. The third kappa shape index (κ3) is 2.54. The molecular weight excluding hydrogens is 179 g/mol. The second kappa shape index (κ2) is 4.42. The van der Waals surface area contributed by atoms with Crippen molar-refractivity contribution >= 4 is 17.1 Å². The van der Waals surface area contributed by atoms with Crippen molar-refractivity contribution in [2.24, 2.45) is 0 Å². The fraction of sp³-hybridized carbons (Fsp3) is 0.143. The Hall–Kier alpha value is -0.461. The number of hydrogen-bond donors (Lipinski definition) is 0. The maximum Gasteiger partial charge on any atom is 0.118 e. The van der Waals surface area contributed by atoms with Crippen molar-refractivity contribution < 1.29 is 4.74 Å². The first-order chi connectivity index (χ1) is 3.93. The standard InChI is InChI=1S/C7H8O.Se/c1-8-7-5-3-2-4-6-7;/h2-6H,1H3;. The van der Waals surface area contributed by atoms with E-state index in [1.165, 1.54) is 0 Å². The van der Waals surface area contributed by atoms with Crippen molar-refractivity contribution in [3.8, 4) is 5.75 Å². The van der Waals surface area contributed by atoms with Crippen LogP contribution in [-0.4, -0.2) is 24.2 Å². The van der Waals surface area contributed by atoms with Crippen LogP contribution in [0.25, 0.3) is 0 Å². The number of hydrogen-bond acceptors (Lipinski definition) is 1. The zero-order valence-electron chi connectivity index (χ0n) is 5.20. The third-order valence-corrected chi connectivity index (χ3v) is 0.979. The summed E-state index contributed by atoms with van der Waals surface area (Å²) in [6.45, 7) is 0. The first-order valence-electron chi connectivity index (χ1n) is 2.52. The van der Waals surface area contributed by atoms with Crippen LogP contribution in [0.1, 0.15) is 0 Å². The molecule has 2 radical (unpaired) electrons. The average molecular weight is 187 g/mol. The van der Waals surface area contributed by atoms with E-state index in [-0.39, 0.29) is 17.1 Å². The largest absolute Gasteiger partial charge is 0.497 e. The Morgan fingerprint density at radius 1 is 1.11 bits per heavy atom. The van der Waals surface area contributed by atoms with Crippen LogP contribution in [0.3, 0.4) is 0 Å². The molecule has 0 aliphatic heterocycles. The number of ether oxygens (including phenoxy) is 1. The molecule has 0 aliphatic rings. The summed E-state index contributed by atoms with van der Waals surface area (Å²) in [6.07, 6.45) is 0. The van der Waals surface area contributed by atoms with Crippen LogP contribution in [0.4, 0.5) is 0 Å². The van der Waals surface area contributed by atoms with E-state index in [1.807, 2.05) is 30.3 Å². The summed E-state index contributed by atoms with van der Waals surface area (Å²) in [4.78, 5) is 0. The van der Waals surface area contributed by atoms with Crippen LogP contribution in [0.15, 0.2) is 30.3 Å². The summed E-state index contributed by atoms with van der Waals surface area (Å²) < 4.78 is 4.91. The maximum atomic E-state index is 4.91. The predicted octanol–water partition coefficient (Wildman–Crippen LogP) is 1.31. The van der Waals surface area contributed by atoms with Crippen molar-refractivity contribution in [3.63, 3.8) is 0 Å². The molecule has 0 saturated carbocycles. The molecule has 0 aliphatic carbocycles. The quantitative estimate of drug-likeness (QED) is 0.602. The average Bonchev–Trinajstić information content (AvgIpc) is 1.90. The van der Waals surface area contributed by atoms with Crippen molar-refractivity contribution in [2.45, 2.75) is 0 Å². The molecule has 1 aromatic rings. The molecule has 2 heteroatoms. The summed E-state index contributed by atoms with van der Waals surface area (Å²) in [5, 5.41) is 0. The van der Waals surface area contributed by atoms with Crippen molar-refractivity contribution in [1.29, 1.82) is 0 Å². The molecule has 0 saturated heterocycles. The molecule has 0 aromatic heterocycles. The van der Waals surface area contributed by atoms with Crippen molar-refractivity contribution in [3.05, 3.63) is 30.3 Å². The minimum Gasteiger partial charge on any atom is -0.497 e. The molecule has 1 aromatic carbocycles. The number of para-hydroxylation sites is 1. The summed E-state index contributed by atoms with van der Waals surface area (Å²) in [7, 11) is 1.66. The fourth-order valence-corrected chi connectivity index (χ4v) is 0.557. The first kappa shape index (κ1) is 8.54. The van der Waals surface area contributed by atoms with Gasteiger partial charge in [0, 0.05) is 17.1 Å². The van der Waals surface area contributed by atoms with Gasteiger partial charge in [-0.15, -0.1) is 0 Å². The molecule has 0 atom stereocenters. The van der Waals surface area contributed by atoms with Crippen LogP contribution in [0.5, 0.6) is 5.75 Å². The molecule has 9 heavy (non-hydrogen) atoms. The normalized spacial score (nSPS) is 7.67. The van der Waals surface area contributed by atoms with Gasteiger partial charge in [-0.2, -0.15) is 0 Å². The van der Waals surface area contributed by atoms with Crippen molar-refractivity contribution in [1.82, 2.24) is 0 Å². The Morgan fingerprint density at radius 2 is 1.67 bits per heavy atom. The van der Waals surface area contributed by atoms with Crippen LogP contribution >= 0.6 is 0 Å². The number of methoxy groups -OCH3 is 1. The molecule has 0 spiro atoms. The number of rotatable bonds is 1. The smallest absolute Gasteiger partial charge is 0.118 e. The summed E-state index contributed by atoms with van der Waals surface area (Å²) in [5.74, 6) is 0.910. The van der Waals surface area contributed by atoms with E-state index >= 15 is 0 Å². The van der Waals surface area contributed by atoms with Gasteiger partial charge in [0.15, 0.2) is 0 Å². The van der Waals surface area contributed by atoms with E-state index in [0.29, 0.717) is 0 Å². The van der Waals surface area contributed by atoms with Gasteiger partial charge in [-0.05, 0) is 12.1 Å². The van der Waals surface area contributed by atoms with Gasteiger partial charge >= 0.3 is 0 Å². The third-order valence-electron chi connectivity index (χ3n) is 0.979. The van der Waals surface area contributed by atoms with Gasteiger partial charge in [0.1, 0.15) is 5.75 Å². The fourth-order valence-electron chi connectivity index (χ4n) is 0.557. The second-order valence-electron chi connectivity index (χ2n) is 1.52. The van der Waals surface area contributed by atoms with E-state index in [1.54, 1.807) is 7.11 Å². The molecule has 0 amide bonds. The summed E-state index contributed by atoms with van der Waals surface area (Å²) >= 11 is 0. The summed E-state index contributed by atoms with van der Waals surface area (Å²) in [5.41, 5.74) is 0. The minimum absolute atomic E-state index is 0. The van der Waals surface area contributed by atoms with E-state index in [2.05, 4.69) is 0 Å². The van der Waals surface area contributed by atoms with Crippen LogP contribution in [0.2, 0.25) is 0 Å². The second-order valence-corrected chi connectivity index (χ2v) is 1.52. The topological polar surface area (TPSA) is 9.23 Å². The zero-order valence-corrected chi connectivity index (χ0v) is 6.92. The molecule has 0 heterocycles. The van der Waals surface area contributed by atoms with E-state index in [0.717, 1.165) is 5.75 Å². The molecule has 1 nitrogen and oxygen atoms in total. The van der Waals surface area contributed by atoms with Gasteiger partial charge in [-0.1, -0.05) is 18.2 Å². The van der Waals surface area contributed by atoms with E-state index in [4.69, 9.17) is 4.74 Å². The van der Waals surface area contributed by atoms with Gasteiger partial charge < -0.3 is 4.74 Å².